The molecular weight excluding hydrogens is 326 g/mol. The van der Waals surface area contributed by atoms with Crippen molar-refractivity contribution in [2.24, 2.45) is 11.3 Å². The second-order valence-electron chi connectivity index (χ2n) is 7.62. The molecule has 1 saturated heterocycles. The van der Waals surface area contributed by atoms with Crippen LogP contribution in [0.25, 0.3) is 11.1 Å². The fourth-order valence-electron chi connectivity index (χ4n) is 4.79. The van der Waals surface area contributed by atoms with Crippen LogP contribution >= 0.6 is 0 Å². The number of nitrogens with zero attached hydrogens (tertiary/aromatic N) is 1. The lowest BCUT2D eigenvalue weighted by molar-refractivity contribution is -0.149. The summed E-state index contributed by atoms with van der Waals surface area (Å²) >= 11 is 0. The van der Waals surface area contributed by atoms with Crippen LogP contribution in [0.3, 0.4) is 0 Å². The molecule has 2 aliphatic rings. The zero-order valence-electron chi connectivity index (χ0n) is 15.1. The molecule has 26 heavy (non-hydrogen) atoms. The zero-order chi connectivity index (χ0) is 18.1. The molecule has 0 bridgehead atoms. The monoisotopic (exact) mass is 351 g/mol. The van der Waals surface area contributed by atoms with Crippen LogP contribution in [0.15, 0.2) is 48.5 Å². The van der Waals surface area contributed by atoms with E-state index in [0.717, 1.165) is 49.2 Å². The number of aliphatic carboxylic acids is 1. The highest BCUT2D eigenvalue weighted by Crippen LogP contribution is 2.49. The van der Waals surface area contributed by atoms with Crippen LogP contribution in [0.4, 0.5) is 0 Å². The summed E-state index contributed by atoms with van der Waals surface area (Å²) < 4.78 is 5.45. The van der Waals surface area contributed by atoms with E-state index in [1.165, 1.54) is 5.56 Å². The Morgan fingerprint density at radius 3 is 2.69 bits per heavy atom. The maximum Gasteiger partial charge on any atom is 0.311 e. The number of carboxylic acid groups (broad SMARTS) is 1. The number of para-hydroxylation sites is 1. The highest BCUT2D eigenvalue weighted by Gasteiger charge is 2.54. The Kier molecular flexibility index (Phi) is 4.45. The van der Waals surface area contributed by atoms with Crippen LogP contribution in [0, 0.1) is 11.3 Å². The van der Waals surface area contributed by atoms with Gasteiger partial charge >= 0.3 is 5.97 Å². The molecule has 0 amide bonds. The average Bonchev–Trinajstić information content (AvgIpc) is 3.20. The first-order chi connectivity index (χ1) is 12.6. The van der Waals surface area contributed by atoms with Gasteiger partial charge < -0.3 is 9.84 Å². The van der Waals surface area contributed by atoms with E-state index in [4.69, 9.17) is 4.74 Å². The predicted octanol–water partition coefficient (Wildman–Crippen LogP) is 4.05. The molecule has 136 valence electrons. The lowest BCUT2D eigenvalue weighted by atomic mass is 9.81. The predicted molar refractivity (Wildman–Crippen MR) is 101 cm³/mol. The molecule has 4 nitrogen and oxygen atoms in total. The SMILES string of the molecule is COc1ccccc1-c1ccc(CN2C[C@@H]3CCC[C@@]3(C(=O)O)C2)cc1. The molecule has 1 aliphatic heterocycles. The van der Waals surface area contributed by atoms with Gasteiger partial charge in [0, 0.05) is 25.2 Å². The van der Waals surface area contributed by atoms with Gasteiger partial charge in [0.05, 0.1) is 12.5 Å². The molecule has 1 heterocycles. The van der Waals surface area contributed by atoms with Crippen molar-refractivity contribution in [2.75, 3.05) is 20.2 Å². The summed E-state index contributed by atoms with van der Waals surface area (Å²) in [5, 5.41) is 9.73. The van der Waals surface area contributed by atoms with E-state index in [9.17, 15) is 9.90 Å². The van der Waals surface area contributed by atoms with Gasteiger partial charge in [-0.05, 0) is 36.0 Å². The summed E-state index contributed by atoms with van der Waals surface area (Å²) in [6.07, 6.45) is 2.93. The topological polar surface area (TPSA) is 49.8 Å². The second kappa shape index (κ2) is 6.76. The van der Waals surface area contributed by atoms with Crippen molar-refractivity contribution >= 4 is 5.97 Å². The van der Waals surface area contributed by atoms with Crippen LogP contribution in [0.2, 0.25) is 0 Å². The molecule has 0 unspecified atom stereocenters. The molecule has 0 spiro atoms. The van der Waals surface area contributed by atoms with Crippen molar-refractivity contribution < 1.29 is 14.6 Å². The normalized spacial score (nSPS) is 25.2. The van der Waals surface area contributed by atoms with Crippen molar-refractivity contribution in [1.29, 1.82) is 0 Å². The summed E-state index contributed by atoms with van der Waals surface area (Å²) in [5.74, 6) is 0.581. The largest absolute Gasteiger partial charge is 0.496 e. The molecule has 2 aromatic rings. The van der Waals surface area contributed by atoms with E-state index < -0.39 is 11.4 Å². The number of carboxylic acids is 1. The molecule has 4 heteroatoms. The van der Waals surface area contributed by atoms with Gasteiger partial charge in [-0.2, -0.15) is 0 Å². The highest BCUT2D eigenvalue weighted by molar-refractivity contribution is 5.76. The Bertz CT molecular complexity index is 801. The molecule has 4 rings (SSSR count). The van der Waals surface area contributed by atoms with E-state index in [-0.39, 0.29) is 0 Å². The summed E-state index contributed by atoms with van der Waals surface area (Å²) in [7, 11) is 1.69. The smallest absolute Gasteiger partial charge is 0.311 e. The summed E-state index contributed by atoms with van der Waals surface area (Å²) in [6.45, 7) is 2.40. The number of fused-ring (bicyclic) bond motifs is 1. The summed E-state index contributed by atoms with van der Waals surface area (Å²) in [4.78, 5) is 14.1. The first-order valence-corrected chi connectivity index (χ1v) is 9.30. The number of hydrogen-bond donors (Lipinski definition) is 1. The highest BCUT2D eigenvalue weighted by atomic mass is 16.5. The minimum absolute atomic E-state index is 0.313. The first-order valence-electron chi connectivity index (χ1n) is 9.30. The van der Waals surface area contributed by atoms with E-state index in [1.807, 2.05) is 18.2 Å². The Morgan fingerprint density at radius 2 is 2.00 bits per heavy atom. The van der Waals surface area contributed by atoms with Gasteiger partial charge in [0.1, 0.15) is 5.75 Å². The minimum atomic E-state index is -0.603. The van der Waals surface area contributed by atoms with Gasteiger partial charge in [-0.3, -0.25) is 9.69 Å². The van der Waals surface area contributed by atoms with Gasteiger partial charge in [-0.15, -0.1) is 0 Å². The Morgan fingerprint density at radius 1 is 1.23 bits per heavy atom. The van der Waals surface area contributed by atoms with Crippen molar-refractivity contribution in [2.45, 2.75) is 25.8 Å². The Balaban J connectivity index is 1.48. The third-order valence-electron chi connectivity index (χ3n) is 6.15. The first kappa shape index (κ1) is 17.1. The number of benzene rings is 2. The number of hydrogen-bond acceptors (Lipinski definition) is 3. The van der Waals surface area contributed by atoms with Crippen molar-refractivity contribution in [3.63, 3.8) is 0 Å². The number of rotatable bonds is 5. The number of ether oxygens (including phenoxy) is 1. The van der Waals surface area contributed by atoms with E-state index in [1.54, 1.807) is 7.11 Å². The second-order valence-corrected chi connectivity index (χ2v) is 7.62. The summed E-state index contributed by atoms with van der Waals surface area (Å²) in [6, 6.07) is 16.5. The molecule has 1 saturated carbocycles. The fraction of sp³-hybridized carbons (Fsp3) is 0.409. The van der Waals surface area contributed by atoms with Crippen LogP contribution in [0.1, 0.15) is 24.8 Å². The quantitative estimate of drug-likeness (QED) is 0.883. The number of carbonyl (C=O) groups is 1. The lowest BCUT2D eigenvalue weighted by Crippen LogP contribution is -2.35. The molecular formula is C22H25NO3. The minimum Gasteiger partial charge on any atom is -0.496 e. The Hall–Kier alpha value is -2.33. The lowest BCUT2D eigenvalue weighted by Gasteiger charge is -2.23. The van der Waals surface area contributed by atoms with Crippen molar-refractivity contribution in [3.05, 3.63) is 54.1 Å². The molecule has 2 aromatic carbocycles. The molecule has 0 radical (unpaired) electrons. The van der Waals surface area contributed by atoms with E-state index in [2.05, 4.69) is 35.2 Å². The fourth-order valence-corrected chi connectivity index (χ4v) is 4.79. The van der Waals surface area contributed by atoms with Crippen LogP contribution in [-0.2, 0) is 11.3 Å². The third kappa shape index (κ3) is 2.88. The Labute approximate surface area is 154 Å². The van der Waals surface area contributed by atoms with Crippen molar-refractivity contribution in [3.8, 4) is 16.9 Å². The van der Waals surface area contributed by atoms with Gasteiger partial charge in [0.25, 0.3) is 0 Å². The third-order valence-corrected chi connectivity index (χ3v) is 6.15. The van der Waals surface area contributed by atoms with E-state index >= 15 is 0 Å². The molecule has 2 fully saturated rings. The average molecular weight is 351 g/mol. The van der Waals surface area contributed by atoms with Crippen LogP contribution in [0.5, 0.6) is 5.75 Å². The van der Waals surface area contributed by atoms with Crippen molar-refractivity contribution in [1.82, 2.24) is 4.90 Å². The maximum absolute atomic E-state index is 11.8. The van der Waals surface area contributed by atoms with Crippen LogP contribution < -0.4 is 4.74 Å². The zero-order valence-corrected chi connectivity index (χ0v) is 15.1. The van der Waals surface area contributed by atoms with E-state index in [0.29, 0.717) is 12.5 Å². The van der Waals surface area contributed by atoms with Gasteiger partial charge in [0.15, 0.2) is 0 Å². The van der Waals surface area contributed by atoms with Crippen LogP contribution in [-0.4, -0.2) is 36.2 Å². The molecule has 1 aliphatic carbocycles. The molecule has 1 N–H and O–H groups in total. The molecule has 2 atom stereocenters. The maximum atomic E-state index is 11.8. The van der Waals surface area contributed by atoms with Gasteiger partial charge in [0.2, 0.25) is 0 Å². The molecule has 0 aromatic heterocycles. The number of likely N-dealkylation sites (tertiary alicyclic amines) is 1. The number of methoxy groups -OCH3 is 1. The van der Waals surface area contributed by atoms with Gasteiger partial charge in [-0.25, -0.2) is 0 Å². The standard InChI is InChI=1S/C22H25NO3/c1-26-20-7-3-2-6-19(20)17-10-8-16(9-11-17)13-23-14-18-5-4-12-22(18,15-23)21(24)25/h2-3,6-11,18H,4-5,12-15H2,1H3,(H,24,25)/t18-,22+/m0/s1. The van der Waals surface area contributed by atoms with Gasteiger partial charge in [-0.1, -0.05) is 48.9 Å². The summed E-state index contributed by atoms with van der Waals surface area (Å²) in [5.41, 5.74) is 2.94.